The number of halogens is 1. The van der Waals surface area contributed by atoms with Gasteiger partial charge in [-0.1, -0.05) is 13.8 Å². The minimum atomic E-state index is -0.438. The summed E-state index contributed by atoms with van der Waals surface area (Å²) in [5, 5.41) is 11.2. The van der Waals surface area contributed by atoms with Gasteiger partial charge in [-0.15, -0.1) is 12.4 Å². The number of nitrogens with two attached hydrogens (primary N) is 1. The van der Waals surface area contributed by atoms with Crippen LogP contribution in [0.25, 0.3) is 0 Å². The summed E-state index contributed by atoms with van der Waals surface area (Å²) < 4.78 is 10.3. The van der Waals surface area contributed by atoms with Gasteiger partial charge < -0.3 is 15.2 Å². The molecule has 1 atom stereocenters. The molecule has 1 aromatic rings. The molecule has 6 nitrogen and oxygen atoms in total. The smallest absolute Gasteiger partial charge is 0.278 e. The summed E-state index contributed by atoms with van der Waals surface area (Å²) in [6.07, 6.45) is 1.60. The van der Waals surface area contributed by atoms with Gasteiger partial charge in [-0.25, -0.2) is 0 Å². The van der Waals surface area contributed by atoms with E-state index in [1.807, 2.05) is 0 Å². The summed E-state index contributed by atoms with van der Waals surface area (Å²) in [7, 11) is 2.94. The molecule has 0 saturated carbocycles. The highest BCUT2D eigenvalue weighted by molar-refractivity contribution is 5.85. The van der Waals surface area contributed by atoms with E-state index in [4.69, 9.17) is 15.2 Å². The number of ether oxygens (including phenoxy) is 2. The van der Waals surface area contributed by atoms with Crippen LogP contribution in [-0.4, -0.2) is 19.1 Å². The third-order valence-electron chi connectivity index (χ3n) is 3.18. The molecule has 0 bridgehead atoms. The minimum Gasteiger partial charge on any atom is -0.493 e. The molecular formula is C14H23ClN2O4. The fraction of sp³-hybridized carbons (Fsp3) is 0.571. The Balaban J connectivity index is 0.00000400. The number of nitro benzene ring substituents is 1. The predicted molar refractivity (Wildman–Crippen MR) is 84.4 cm³/mol. The van der Waals surface area contributed by atoms with Gasteiger partial charge in [0.1, 0.15) is 0 Å². The molecule has 0 aliphatic heterocycles. The highest BCUT2D eigenvalue weighted by Crippen LogP contribution is 2.37. The average Bonchev–Trinajstić information content (AvgIpc) is 2.42. The Morgan fingerprint density at radius 3 is 2.14 bits per heavy atom. The van der Waals surface area contributed by atoms with Crippen LogP contribution in [-0.2, 0) is 0 Å². The zero-order valence-corrected chi connectivity index (χ0v) is 13.6. The first-order valence-electron chi connectivity index (χ1n) is 6.56. The second kappa shape index (κ2) is 8.69. The fourth-order valence-electron chi connectivity index (χ4n) is 2.01. The molecule has 0 aliphatic rings. The largest absolute Gasteiger partial charge is 0.493 e. The van der Waals surface area contributed by atoms with Crippen molar-refractivity contribution in [2.24, 2.45) is 11.7 Å². The molecule has 0 heterocycles. The van der Waals surface area contributed by atoms with E-state index in [1.165, 1.54) is 20.3 Å². The van der Waals surface area contributed by atoms with Gasteiger partial charge in [-0.05, 0) is 24.8 Å². The van der Waals surface area contributed by atoms with E-state index in [0.29, 0.717) is 29.4 Å². The first-order chi connectivity index (χ1) is 9.40. The second-order valence-corrected chi connectivity index (χ2v) is 5.10. The fourth-order valence-corrected chi connectivity index (χ4v) is 2.01. The zero-order valence-electron chi connectivity index (χ0n) is 12.8. The van der Waals surface area contributed by atoms with Crippen LogP contribution >= 0.6 is 12.4 Å². The van der Waals surface area contributed by atoms with Crippen molar-refractivity contribution in [2.75, 3.05) is 14.2 Å². The van der Waals surface area contributed by atoms with Crippen molar-refractivity contribution in [3.8, 4) is 11.5 Å². The summed E-state index contributed by atoms with van der Waals surface area (Å²) in [6, 6.07) is 2.57. The summed E-state index contributed by atoms with van der Waals surface area (Å²) in [4.78, 5) is 10.7. The zero-order chi connectivity index (χ0) is 15.3. The van der Waals surface area contributed by atoms with Crippen molar-refractivity contribution >= 4 is 18.1 Å². The van der Waals surface area contributed by atoms with Crippen LogP contribution in [0.15, 0.2) is 12.1 Å². The molecule has 7 heteroatoms. The molecule has 21 heavy (non-hydrogen) atoms. The molecule has 120 valence electrons. The number of hydrogen-bond acceptors (Lipinski definition) is 5. The van der Waals surface area contributed by atoms with Gasteiger partial charge >= 0.3 is 0 Å². The lowest BCUT2D eigenvalue weighted by atomic mass is 9.96. The molecule has 0 amide bonds. The standard InChI is InChI=1S/C14H22N2O4.ClH/c1-9(2)5-6-11(15)10-7-13(19-3)14(20-4)8-12(10)16(17)18;/h7-9,11H,5-6,15H2,1-4H3;1H/t11-;/m0./s1. The van der Waals surface area contributed by atoms with Crippen molar-refractivity contribution < 1.29 is 14.4 Å². The lowest BCUT2D eigenvalue weighted by molar-refractivity contribution is -0.385. The summed E-state index contributed by atoms with van der Waals surface area (Å²) >= 11 is 0. The summed E-state index contributed by atoms with van der Waals surface area (Å²) in [6.45, 7) is 4.19. The molecule has 0 radical (unpaired) electrons. The van der Waals surface area contributed by atoms with Gasteiger partial charge in [0.2, 0.25) is 0 Å². The number of nitrogens with zero attached hydrogens (tertiary/aromatic N) is 1. The van der Waals surface area contributed by atoms with Crippen molar-refractivity contribution in [1.82, 2.24) is 0 Å². The molecule has 0 saturated heterocycles. The third-order valence-corrected chi connectivity index (χ3v) is 3.18. The number of rotatable bonds is 7. The highest BCUT2D eigenvalue weighted by atomic mass is 35.5. The molecular weight excluding hydrogens is 296 g/mol. The van der Waals surface area contributed by atoms with Crippen molar-refractivity contribution in [2.45, 2.75) is 32.7 Å². The van der Waals surface area contributed by atoms with E-state index in [-0.39, 0.29) is 18.1 Å². The normalized spacial score (nSPS) is 11.7. The van der Waals surface area contributed by atoms with Crippen LogP contribution in [0.5, 0.6) is 11.5 Å². The lowest BCUT2D eigenvalue weighted by Crippen LogP contribution is -2.13. The summed E-state index contributed by atoms with van der Waals surface area (Å²) in [5.41, 5.74) is 6.55. The maximum absolute atomic E-state index is 11.2. The maximum Gasteiger partial charge on any atom is 0.278 e. The Kier molecular flexibility index (Phi) is 8.06. The lowest BCUT2D eigenvalue weighted by Gasteiger charge is -2.16. The molecule has 0 aromatic heterocycles. The number of nitro groups is 1. The first kappa shape index (κ1) is 19.5. The van der Waals surface area contributed by atoms with Crippen LogP contribution in [0.3, 0.4) is 0 Å². The molecule has 2 N–H and O–H groups in total. The Labute approximate surface area is 131 Å². The van der Waals surface area contributed by atoms with Crippen LogP contribution in [0, 0.1) is 16.0 Å². The van der Waals surface area contributed by atoms with Gasteiger partial charge in [0.05, 0.1) is 30.8 Å². The van der Waals surface area contributed by atoms with Gasteiger partial charge in [0.25, 0.3) is 5.69 Å². The third kappa shape index (κ3) is 5.06. The predicted octanol–water partition coefficient (Wildman–Crippen LogP) is 3.47. The Morgan fingerprint density at radius 1 is 1.19 bits per heavy atom. The quantitative estimate of drug-likeness (QED) is 0.614. The molecule has 1 aromatic carbocycles. The van der Waals surface area contributed by atoms with Crippen molar-refractivity contribution in [3.63, 3.8) is 0 Å². The molecule has 0 fully saturated rings. The van der Waals surface area contributed by atoms with Gasteiger partial charge in [0, 0.05) is 6.04 Å². The van der Waals surface area contributed by atoms with Crippen molar-refractivity contribution in [3.05, 3.63) is 27.8 Å². The molecule has 1 rings (SSSR count). The molecule has 0 unspecified atom stereocenters. The minimum absolute atomic E-state index is 0. The molecule has 0 spiro atoms. The topological polar surface area (TPSA) is 87.6 Å². The van der Waals surface area contributed by atoms with Gasteiger partial charge in [-0.2, -0.15) is 0 Å². The van der Waals surface area contributed by atoms with E-state index in [9.17, 15) is 10.1 Å². The Bertz CT molecular complexity index is 480. The second-order valence-electron chi connectivity index (χ2n) is 5.10. The van der Waals surface area contributed by atoms with Crippen LogP contribution in [0.1, 0.15) is 38.3 Å². The number of benzene rings is 1. The van der Waals surface area contributed by atoms with E-state index in [1.54, 1.807) is 6.07 Å². The van der Waals surface area contributed by atoms with Crippen LogP contribution in [0.2, 0.25) is 0 Å². The SMILES string of the molecule is COc1cc([C@@H](N)CCC(C)C)c([N+](=O)[O-])cc1OC.Cl. The summed E-state index contributed by atoms with van der Waals surface area (Å²) in [5.74, 6) is 1.28. The monoisotopic (exact) mass is 318 g/mol. The average molecular weight is 319 g/mol. The first-order valence-corrected chi connectivity index (χ1v) is 6.56. The Morgan fingerprint density at radius 2 is 1.71 bits per heavy atom. The van der Waals surface area contributed by atoms with E-state index in [2.05, 4.69) is 13.8 Å². The molecule has 0 aliphatic carbocycles. The van der Waals surface area contributed by atoms with Crippen LogP contribution < -0.4 is 15.2 Å². The highest BCUT2D eigenvalue weighted by Gasteiger charge is 2.23. The number of methoxy groups -OCH3 is 2. The van der Waals surface area contributed by atoms with E-state index in [0.717, 1.165) is 6.42 Å². The Hall–Kier alpha value is -1.53. The van der Waals surface area contributed by atoms with Crippen LogP contribution in [0.4, 0.5) is 5.69 Å². The van der Waals surface area contributed by atoms with Crippen molar-refractivity contribution in [1.29, 1.82) is 0 Å². The maximum atomic E-state index is 11.2. The van der Waals surface area contributed by atoms with Gasteiger partial charge in [0.15, 0.2) is 11.5 Å². The van der Waals surface area contributed by atoms with Gasteiger partial charge in [-0.3, -0.25) is 10.1 Å². The van der Waals surface area contributed by atoms with E-state index < -0.39 is 11.0 Å². The van der Waals surface area contributed by atoms with E-state index >= 15 is 0 Å². The number of hydrogen-bond donors (Lipinski definition) is 1.